The van der Waals surface area contributed by atoms with Gasteiger partial charge in [-0.25, -0.2) is 0 Å². The number of nitrogens with one attached hydrogen (secondary N) is 1. The molecule has 0 aliphatic carbocycles. The summed E-state index contributed by atoms with van der Waals surface area (Å²) in [4.78, 5) is 11.6. The molecule has 1 aromatic carbocycles. The summed E-state index contributed by atoms with van der Waals surface area (Å²) in [6.07, 6.45) is 2.33. The number of benzene rings is 1. The van der Waals surface area contributed by atoms with E-state index in [0.29, 0.717) is 23.6 Å². The number of ether oxygens (including phenoxy) is 1. The van der Waals surface area contributed by atoms with Crippen LogP contribution in [0.2, 0.25) is 0 Å². The normalized spacial score (nSPS) is 13.6. The van der Waals surface area contributed by atoms with Gasteiger partial charge in [-0.3, -0.25) is 9.00 Å². The van der Waals surface area contributed by atoms with Gasteiger partial charge in [-0.1, -0.05) is 12.1 Å². The number of amides is 1. The van der Waals surface area contributed by atoms with E-state index < -0.39 is 10.8 Å². The van der Waals surface area contributed by atoms with Crippen LogP contribution < -0.4 is 15.8 Å². The number of para-hydroxylation sites is 2. The van der Waals surface area contributed by atoms with Gasteiger partial charge in [0.15, 0.2) is 6.61 Å². The molecule has 5 nitrogen and oxygen atoms in total. The molecule has 0 fully saturated rings. The van der Waals surface area contributed by atoms with Crippen LogP contribution in [0, 0.1) is 0 Å². The first-order valence-electron chi connectivity index (χ1n) is 6.05. The summed E-state index contributed by atoms with van der Waals surface area (Å²) in [6, 6.07) is 7.00. The Morgan fingerprint density at radius 2 is 2.16 bits per heavy atom. The predicted molar refractivity (Wildman–Crippen MR) is 77.5 cm³/mol. The minimum atomic E-state index is -0.837. The first-order chi connectivity index (χ1) is 8.99. The summed E-state index contributed by atoms with van der Waals surface area (Å²) in [5, 5.41) is 2.79. The van der Waals surface area contributed by atoms with E-state index in [0.717, 1.165) is 0 Å². The molecule has 1 aromatic rings. The molecule has 0 radical (unpaired) electrons. The van der Waals surface area contributed by atoms with Gasteiger partial charge in [-0.15, -0.1) is 0 Å². The van der Waals surface area contributed by atoms with Crippen LogP contribution in [0.5, 0.6) is 5.75 Å². The van der Waals surface area contributed by atoms with Crippen molar-refractivity contribution in [1.29, 1.82) is 0 Å². The Kier molecular flexibility index (Phi) is 6.35. The Labute approximate surface area is 116 Å². The van der Waals surface area contributed by atoms with Crippen molar-refractivity contribution in [3.63, 3.8) is 0 Å². The van der Waals surface area contributed by atoms with Crippen LogP contribution in [0.25, 0.3) is 0 Å². The molecule has 1 amide bonds. The number of rotatable bonds is 7. The molecule has 19 heavy (non-hydrogen) atoms. The minimum absolute atomic E-state index is 0.0203. The van der Waals surface area contributed by atoms with Crippen molar-refractivity contribution >= 4 is 22.4 Å². The average molecular weight is 284 g/mol. The highest BCUT2D eigenvalue weighted by molar-refractivity contribution is 7.84. The Morgan fingerprint density at radius 3 is 2.79 bits per heavy atom. The third-order valence-electron chi connectivity index (χ3n) is 2.52. The van der Waals surface area contributed by atoms with Crippen molar-refractivity contribution in [2.24, 2.45) is 0 Å². The van der Waals surface area contributed by atoms with Gasteiger partial charge in [0.1, 0.15) is 5.75 Å². The summed E-state index contributed by atoms with van der Waals surface area (Å²) in [5.41, 5.74) is 6.20. The second-order valence-electron chi connectivity index (χ2n) is 4.36. The molecule has 0 bridgehead atoms. The highest BCUT2D eigenvalue weighted by Crippen LogP contribution is 2.19. The van der Waals surface area contributed by atoms with Gasteiger partial charge in [0, 0.05) is 28.9 Å². The fourth-order valence-corrected chi connectivity index (χ4v) is 2.17. The van der Waals surface area contributed by atoms with E-state index in [1.54, 1.807) is 30.5 Å². The number of anilines is 1. The SMILES string of the molecule is CC(CCS(C)=O)NC(=O)COc1ccccc1N. The molecule has 0 saturated heterocycles. The number of nitrogens with two attached hydrogens (primary N) is 1. The quantitative estimate of drug-likeness (QED) is 0.730. The Hall–Kier alpha value is -1.56. The van der Waals surface area contributed by atoms with Crippen LogP contribution in [0.3, 0.4) is 0 Å². The van der Waals surface area contributed by atoms with E-state index in [1.165, 1.54) is 0 Å². The first-order valence-corrected chi connectivity index (χ1v) is 7.78. The molecule has 2 atom stereocenters. The van der Waals surface area contributed by atoms with Crippen LogP contribution in [0.4, 0.5) is 5.69 Å². The smallest absolute Gasteiger partial charge is 0.258 e. The summed E-state index contributed by atoms with van der Waals surface area (Å²) in [6.45, 7) is 1.80. The Balaban J connectivity index is 2.32. The van der Waals surface area contributed by atoms with Crippen LogP contribution >= 0.6 is 0 Å². The third kappa shape index (κ3) is 6.24. The van der Waals surface area contributed by atoms with Crippen LogP contribution in [0.15, 0.2) is 24.3 Å². The summed E-state index contributed by atoms with van der Waals surface area (Å²) in [5.74, 6) is 0.867. The van der Waals surface area contributed by atoms with Gasteiger partial charge >= 0.3 is 0 Å². The van der Waals surface area contributed by atoms with Crippen LogP contribution in [-0.2, 0) is 15.6 Å². The molecule has 0 saturated carbocycles. The van der Waals surface area contributed by atoms with Gasteiger partial charge in [0.25, 0.3) is 5.91 Å². The maximum absolute atomic E-state index is 11.6. The van der Waals surface area contributed by atoms with E-state index in [9.17, 15) is 9.00 Å². The molecule has 2 unspecified atom stereocenters. The summed E-state index contributed by atoms with van der Waals surface area (Å²) < 4.78 is 16.3. The molecule has 1 rings (SSSR count). The lowest BCUT2D eigenvalue weighted by Gasteiger charge is -2.14. The zero-order valence-electron chi connectivity index (χ0n) is 11.2. The van der Waals surface area contributed by atoms with Crippen LogP contribution in [-0.4, -0.2) is 34.8 Å². The molecule has 0 aromatic heterocycles. The molecule has 0 aliphatic heterocycles. The largest absolute Gasteiger partial charge is 0.482 e. The van der Waals surface area contributed by atoms with Crippen molar-refractivity contribution in [2.75, 3.05) is 24.3 Å². The third-order valence-corrected chi connectivity index (χ3v) is 3.33. The van der Waals surface area contributed by atoms with Gasteiger partial charge in [-0.05, 0) is 25.5 Å². The van der Waals surface area contributed by atoms with Gasteiger partial charge in [-0.2, -0.15) is 0 Å². The summed E-state index contributed by atoms with van der Waals surface area (Å²) >= 11 is 0. The predicted octanol–water partition coefficient (Wildman–Crippen LogP) is 0.921. The molecule has 0 heterocycles. The van der Waals surface area contributed by atoms with E-state index in [1.807, 2.05) is 6.92 Å². The highest BCUT2D eigenvalue weighted by Gasteiger charge is 2.09. The zero-order valence-corrected chi connectivity index (χ0v) is 12.0. The highest BCUT2D eigenvalue weighted by atomic mass is 32.2. The van der Waals surface area contributed by atoms with E-state index in [2.05, 4.69) is 5.32 Å². The van der Waals surface area contributed by atoms with E-state index in [4.69, 9.17) is 10.5 Å². The number of nitrogen functional groups attached to an aromatic ring is 1. The van der Waals surface area contributed by atoms with Crippen molar-refractivity contribution in [3.8, 4) is 5.75 Å². The second kappa shape index (κ2) is 7.78. The van der Waals surface area contributed by atoms with Gasteiger partial charge < -0.3 is 15.8 Å². The molecule has 6 heteroatoms. The first kappa shape index (κ1) is 15.5. The van der Waals surface area contributed by atoms with Gasteiger partial charge in [0.2, 0.25) is 0 Å². The number of carbonyl (C=O) groups is 1. The Bertz CT molecular complexity index is 451. The second-order valence-corrected chi connectivity index (χ2v) is 5.92. The zero-order chi connectivity index (χ0) is 14.3. The van der Waals surface area contributed by atoms with E-state index >= 15 is 0 Å². The fraction of sp³-hybridized carbons (Fsp3) is 0.462. The maximum atomic E-state index is 11.6. The van der Waals surface area contributed by atoms with E-state index in [-0.39, 0.29) is 18.6 Å². The molecule has 0 aliphatic rings. The number of carbonyl (C=O) groups excluding carboxylic acids is 1. The van der Waals surface area contributed by atoms with Gasteiger partial charge in [0.05, 0.1) is 5.69 Å². The fourth-order valence-electron chi connectivity index (χ4n) is 1.49. The van der Waals surface area contributed by atoms with Crippen molar-refractivity contribution in [1.82, 2.24) is 5.32 Å². The molecule has 0 spiro atoms. The van der Waals surface area contributed by atoms with Crippen molar-refractivity contribution < 1.29 is 13.7 Å². The molecule has 3 N–H and O–H groups in total. The minimum Gasteiger partial charge on any atom is -0.482 e. The topological polar surface area (TPSA) is 81.4 Å². The van der Waals surface area contributed by atoms with Crippen LogP contribution in [0.1, 0.15) is 13.3 Å². The lowest BCUT2D eigenvalue weighted by molar-refractivity contribution is -0.123. The Morgan fingerprint density at radius 1 is 1.47 bits per heavy atom. The van der Waals surface area contributed by atoms with Crippen molar-refractivity contribution in [2.45, 2.75) is 19.4 Å². The monoisotopic (exact) mass is 284 g/mol. The summed E-state index contributed by atoms with van der Waals surface area (Å²) in [7, 11) is -0.837. The number of hydrogen-bond donors (Lipinski definition) is 2. The molecule has 106 valence electrons. The lowest BCUT2D eigenvalue weighted by atomic mass is 10.2. The van der Waals surface area contributed by atoms with Crippen molar-refractivity contribution in [3.05, 3.63) is 24.3 Å². The maximum Gasteiger partial charge on any atom is 0.258 e. The lowest BCUT2D eigenvalue weighted by Crippen LogP contribution is -2.36. The number of hydrogen-bond acceptors (Lipinski definition) is 4. The molecular weight excluding hydrogens is 264 g/mol. The molecular formula is C13H20N2O3S. The average Bonchev–Trinajstić information content (AvgIpc) is 2.35. The standard InChI is InChI=1S/C13H20N2O3S/c1-10(7-8-19(2)17)15-13(16)9-18-12-6-4-3-5-11(12)14/h3-6,10H,7-9,14H2,1-2H3,(H,15,16).